The van der Waals surface area contributed by atoms with E-state index in [-0.39, 0.29) is 11.7 Å². The molecule has 4 aromatic heterocycles. The van der Waals surface area contributed by atoms with Crippen LogP contribution in [-0.2, 0) is 17.8 Å². The number of nitrogens with zero attached hydrogens (tertiary/aromatic N) is 7. The molecular formula is C22H18F2N8O. The lowest BCUT2D eigenvalue weighted by Crippen LogP contribution is -2.15. The van der Waals surface area contributed by atoms with Gasteiger partial charge in [-0.05, 0) is 18.2 Å². The zero-order chi connectivity index (χ0) is 23.3. The molecule has 0 radical (unpaired) electrons. The molecule has 0 aliphatic heterocycles. The van der Waals surface area contributed by atoms with Gasteiger partial charge in [0.25, 0.3) is 0 Å². The molecule has 0 atom stereocenters. The number of carbonyl (C=O) groups is 1. The van der Waals surface area contributed by atoms with Crippen molar-refractivity contribution in [3.05, 3.63) is 54.6 Å². The van der Waals surface area contributed by atoms with Gasteiger partial charge in [-0.25, -0.2) is 19.6 Å². The van der Waals surface area contributed by atoms with Gasteiger partial charge in [0, 0.05) is 56.4 Å². The first-order valence-electron chi connectivity index (χ1n) is 10.0. The molecule has 0 aliphatic carbocycles. The first-order chi connectivity index (χ1) is 15.7. The lowest BCUT2D eigenvalue weighted by molar-refractivity contribution is -0.114. The van der Waals surface area contributed by atoms with E-state index < -0.39 is 11.7 Å². The monoisotopic (exact) mass is 448 g/mol. The Kier molecular flexibility index (Phi) is 4.62. The molecule has 0 fully saturated rings. The SMILES string of the molecule is CC(=O)Nc1cc2c(ccn2-c2cc(-c3ccc4c(c3)nnn4C)nc(C(C)(F)F)n2)cn1. The van der Waals surface area contributed by atoms with Gasteiger partial charge in [-0.1, -0.05) is 11.3 Å². The molecule has 5 rings (SSSR count). The predicted octanol–water partition coefficient (Wildman–Crippen LogP) is 3.83. The number of nitrogens with one attached hydrogen (secondary N) is 1. The lowest BCUT2D eigenvalue weighted by Gasteiger charge is -2.14. The van der Waals surface area contributed by atoms with Crippen LogP contribution in [0.25, 0.3) is 39.0 Å². The maximum Gasteiger partial charge on any atom is 0.303 e. The van der Waals surface area contributed by atoms with Crippen LogP contribution in [0, 0.1) is 0 Å². The van der Waals surface area contributed by atoms with Crippen LogP contribution in [0.15, 0.2) is 48.8 Å². The second kappa shape index (κ2) is 7.40. The number of aryl methyl sites for hydroxylation is 1. The van der Waals surface area contributed by atoms with Crippen LogP contribution in [0.2, 0.25) is 0 Å². The van der Waals surface area contributed by atoms with Crippen molar-refractivity contribution in [3.8, 4) is 17.1 Å². The number of benzene rings is 1. The first kappa shape index (κ1) is 20.6. The molecule has 1 aromatic carbocycles. The van der Waals surface area contributed by atoms with Gasteiger partial charge in [-0.15, -0.1) is 5.10 Å². The molecule has 0 unspecified atom stereocenters. The molecular weight excluding hydrogens is 430 g/mol. The molecule has 1 N–H and O–H groups in total. The molecule has 0 saturated heterocycles. The van der Waals surface area contributed by atoms with Crippen molar-refractivity contribution in [3.63, 3.8) is 0 Å². The lowest BCUT2D eigenvalue weighted by atomic mass is 10.1. The highest BCUT2D eigenvalue weighted by Crippen LogP contribution is 2.30. The van der Waals surface area contributed by atoms with E-state index in [0.717, 1.165) is 17.8 Å². The van der Waals surface area contributed by atoms with E-state index in [2.05, 4.69) is 30.6 Å². The van der Waals surface area contributed by atoms with Crippen LogP contribution in [0.5, 0.6) is 0 Å². The quantitative estimate of drug-likeness (QED) is 0.448. The average Bonchev–Trinajstić information content (AvgIpc) is 3.35. The summed E-state index contributed by atoms with van der Waals surface area (Å²) in [6, 6.07) is 10.4. The van der Waals surface area contributed by atoms with Gasteiger partial charge < -0.3 is 9.88 Å². The summed E-state index contributed by atoms with van der Waals surface area (Å²) in [7, 11) is 1.77. The minimum absolute atomic E-state index is 0.255. The molecule has 33 heavy (non-hydrogen) atoms. The highest BCUT2D eigenvalue weighted by molar-refractivity contribution is 5.91. The van der Waals surface area contributed by atoms with E-state index in [0.29, 0.717) is 28.1 Å². The fourth-order valence-electron chi connectivity index (χ4n) is 3.58. The van der Waals surface area contributed by atoms with Crippen molar-refractivity contribution in [2.75, 3.05) is 5.32 Å². The van der Waals surface area contributed by atoms with Gasteiger partial charge in [0.05, 0.1) is 16.7 Å². The van der Waals surface area contributed by atoms with Crippen molar-refractivity contribution in [2.24, 2.45) is 7.05 Å². The van der Waals surface area contributed by atoms with Crippen LogP contribution in [-0.4, -0.2) is 40.4 Å². The molecule has 0 bridgehead atoms. The third kappa shape index (κ3) is 3.77. The standard InChI is InChI=1S/C22H18F2N8O/c1-12(33)26-19-10-18-14(11-25-19)6-7-32(18)20-9-15(27-21(28-20)22(2,23)24)13-4-5-17-16(8-13)29-30-31(17)3/h4-11H,1-3H3,(H,25,26,33). The summed E-state index contributed by atoms with van der Waals surface area (Å²) in [5.41, 5.74) is 3.00. The average molecular weight is 448 g/mol. The summed E-state index contributed by atoms with van der Waals surface area (Å²) < 4.78 is 31.9. The number of anilines is 1. The van der Waals surface area contributed by atoms with Crippen molar-refractivity contribution in [1.82, 2.24) is 34.5 Å². The van der Waals surface area contributed by atoms with Crippen LogP contribution in [0.3, 0.4) is 0 Å². The van der Waals surface area contributed by atoms with E-state index in [1.165, 1.54) is 6.92 Å². The van der Waals surface area contributed by atoms with Crippen molar-refractivity contribution in [2.45, 2.75) is 19.8 Å². The number of hydrogen-bond donors (Lipinski definition) is 1. The second-order valence-corrected chi connectivity index (χ2v) is 7.74. The van der Waals surface area contributed by atoms with Gasteiger partial charge >= 0.3 is 5.92 Å². The minimum atomic E-state index is -3.26. The van der Waals surface area contributed by atoms with E-state index in [1.54, 1.807) is 59.0 Å². The van der Waals surface area contributed by atoms with Gasteiger partial charge in [-0.3, -0.25) is 4.79 Å². The summed E-state index contributed by atoms with van der Waals surface area (Å²) in [4.78, 5) is 23.9. The zero-order valence-electron chi connectivity index (χ0n) is 17.9. The number of fused-ring (bicyclic) bond motifs is 2. The third-order valence-electron chi connectivity index (χ3n) is 5.14. The molecule has 11 heteroatoms. The van der Waals surface area contributed by atoms with Crippen LogP contribution in [0.1, 0.15) is 19.7 Å². The van der Waals surface area contributed by atoms with Gasteiger partial charge in [-0.2, -0.15) is 8.78 Å². The largest absolute Gasteiger partial charge is 0.311 e. The predicted molar refractivity (Wildman–Crippen MR) is 118 cm³/mol. The van der Waals surface area contributed by atoms with Gasteiger partial charge in [0.2, 0.25) is 11.7 Å². The van der Waals surface area contributed by atoms with E-state index in [1.807, 2.05) is 6.07 Å². The Morgan fingerprint density at radius 3 is 2.67 bits per heavy atom. The molecule has 0 aliphatic rings. The molecule has 0 saturated carbocycles. The number of halogens is 2. The molecule has 166 valence electrons. The van der Waals surface area contributed by atoms with Gasteiger partial charge in [0.1, 0.15) is 17.2 Å². The van der Waals surface area contributed by atoms with Crippen molar-refractivity contribution in [1.29, 1.82) is 0 Å². The number of pyridine rings is 1. The van der Waals surface area contributed by atoms with E-state index in [4.69, 9.17) is 0 Å². The Hall–Kier alpha value is -4.28. The van der Waals surface area contributed by atoms with Crippen LogP contribution >= 0.6 is 0 Å². The van der Waals surface area contributed by atoms with E-state index >= 15 is 0 Å². The smallest absolute Gasteiger partial charge is 0.303 e. The topological polar surface area (TPSA) is 103 Å². The summed E-state index contributed by atoms with van der Waals surface area (Å²) >= 11 is 0. The molecule has 9 nitrogen and oxygen atoms in total. The third-order valence-corrected chi connectivity index (χ3v) is 5.14. The Bertz CT molecular complexity index is 1530. The normalized spacial score (nSPS) is 11.9. The number of carbonyl (C=O) groups excluding carboxylic acids is 1. The zero-order valence-corrected chi connectivity index (χ0v) is 17.9. The number of amides is 1. The van der Waals surface area contributed by atoms with E-state index in [9.17, 15) is 13.6 Å². The minimum Gasteiger partial charge on any atom is -0.311 e. The summed E-state index contributed by atoms with van der Waals surface area (Å²) in [5.74, 6) is -3.53. The second-order valence-electron chi connectivity index (χ2n) is 7.74. The summed E-state index contributed by atoms with van der Waals surface area (Å²) in [5, 5.41) is 11.5. The van der Waals surface area contributed by atoms with Crippen molar-refractivity contribution >= 4 is 33.7 Å². The first-order valence-corrected chi connectivity index (χ1v) is 10.0. The number of alkyl halides is 2. The maximum atomic E-state index is 14.3. The Morgan fingerprint density at radius 1 is 1.09 bits per heavy atom. The number of hydrogen-bond acceptors (Lipinski definition) is 6. The molecule has 4 heterocycles. The fourth-order valence-corrected chi connectivity index (χ4v) is 3.58. The van der Waals surface area contributed by atoms with Crippen molar-refractivity contribution < 1.29 is 13.6 Å². The summed E-state index contributed by atoms with van der Waals surface area (Å²) in [6.45, 7) is 2.14. The number of aromatic nitrogens is 7. The fraction of sp³-hybridized carbons (Fsp3) is 0.182. The highest BCUT2D eigenvalue weighted by Gasteiger charge is 2.30. The summed E-state index contributed by atoms with van der Waals surface area (Å²) in [6.07, 6.45) is 3.30. The Morgan fingerprint density at radius 2 is 1.91 bits per heavy atom. The Balaban J connectivity index is 1.70. The van der Waals surface area contributed by atoms with Gasteiger partial charge in [0.15, 0.2) is 0 Å². The van der Waals surface area contributed by atoms with Crippen LogP contribution < -0.4 is 5.32 Å². The molecule has 1 amide bonds. The highest BCUT2D eigenvalue weighted by atomic mass is 19.3. The van der Waals surface area contributed by atoms with Crippen LogP contribution in [0.4, 0.5) is 14.6 Å². The maximum absolute atomic E-state index is 14.3. The molecule has 0 spiro atoms. The Labute approximate surface area is 186 Å². The molecule has 5 aromatic rings. The number of rotatable bonds is 4.